The fraction of sp³-hybridized carbons (Fsp3) is 0.583. The number of morpholine rings is 1. The first kappa shape index (κ1) is 12.1. The summed E-state index contributed by atoms with van der Waals surface area (Å²) in [4.78, 5) is 13.2. The lowest BCUT2D eigenvalue weighted by Gasteiger charge is -2.41. The summed E-state index contributed by atoms with van der Waals surface area (Å²) in [5, 5.41) is 9.08. The molecule has 94 valence electrons. The lowest BCUT2D eigenvalue weighted by Crippen LogP contribution is -2.50. The van der Waals surface area contributed by atoms with Gasteiger partial charge in [0.2, 0.25) is 0 Å². The highest BCUT2D eigenvalue weighted by atomic mass is 16.5. The van der Waals surface area contributed by atoms with Gasteiger partial charge in [-0.05, 0) is 19.1 Å². The van der Waals surface area contributed by atoms with Crippen molar-refractivity contribution in [3.05, 3.63) is 24.2 Å². The van der Waals surface area contributed by atoms with Gasteiger partial charge in [0.25, 0.3) is 0 Å². The lowest BCUT2D eigenvalue weighted by atomic mass is 9.91. The van der Waals surface area contributed by atoms with E-state index < -0.39 is 11.5 Å². The Morgan fingerprint density at radius 2 is 2.24 bits per heavy atom. The van der Waals surface area contributed by atoms with Gasteiger partial charge in [0.1, 0.15) is 5.76 Å². The van der Waals surface area contributed by atoms with E-state index in [1.54, 1.807) is 12.3 Å². The molecular formula is C12H17NO4. The zero-order chi connectivity index (χ0) is 12.3. The first-order valence-electron chi connectivity index (χ1n) is 5.71. The molecule has 0 bridgehead atoms. The molecule has 2 rings (SSSR count). The normalized spacial score (nSPS) is 21.0. The number of furan rings is 1. The third-order valence-corrected chi connectivity index (χ3v) is 3.26. The minimum absolute atomic E-state index is 0.0283. The van der Waals surface area contributed by atoms with Crippen molar-refractivity contribution in [2.24, 2.45) is 0 Å². The van der Waals surface area contributed by atoms with Crippen molar-refractivity contribution >= 4 is 5.97 Å². The Bertz CT molecular complexity index is 370. The van der Waals surface area contributed by atoms with Gasteiger partial charge in [-0.3, -0.25) is 9.69 Å². The van der Waals surface area contributed by atoms with Crippen LogP contribution in [0.25, 0.3) is 0 Å². The molecule has 2 heterocycles. The molecular weight excluding hydrogens is 222 g/mol. The van der Waals surface area contributed by atoms with Gasteiger partial charge >= 0.3 is 5.97 Å². The van der Waals surface area contributed by atoms with Crippen LogP contribution in [0, 0.1) is 0 Å². The zero-order valence-electron chi connectivity index (χ0n) is 9.89. The predicted octanol–water partition coefficient (Wildman–Crippen LogP) is 1.30. The summed E-state index contributed by atoms with van der Waals surface area (Å²) < 4.78 is 10.7. The Kier molecular flexibility index (Phi) is 3.49. The summed E-state index contributed by atoms with van der Waals surface area (Å²) in [7, 11) is 0. The van der Waals surface area contributed by atoms with E-state index in [2.05, 4.69) is 4.90 Å². The lowest BCUT2D eigenvalue weighted by molar-refractivity contribution is -0.142. The van der Waals surface area contributed by atoms with Gasteiger partial charge in [0, 0.05) is 13.1 Å². The topological polar surface area (TPSA) is 62.9 Å². The zero-order valence-corrected chi connectivity index (χ0v) is 9.89. The minimum Gasteiger partial charge on any atom is -0.481 e. The molecule has 5 heteroatoms. The smallest absolute Gasteiger partial charge is 0.305 e. The molecule has 17 heavy (non-hydrogen) atoms. The van der Waals surface area contributed by atoms with Gasteiger partial charge < -0.3 is 14.3 Å². The first-order valence-corrected chi connectivity index (χ1v) is 5.71. The number of hydrogen-bond donors (Lipinski definition) is 1. The Labute approximate surface area is 100.0 Å². The Morgan fingerprint density at radius 1 is 1.53 bits per heavy atom. The van der Waals surface area contributed by atoms with E-state index in [1.165, 1.54) is 0 Å². The van der Waals surface area contributed by atoms with Crippen LogP contribution in [0.2, 0.25) is 0 Å². The first-order chi connectivity index (χ1) is 8.13. The number of carboxylic acids is 1. The third-order valence-electron chi connectivity index (χ3n) is 3.26. The van der Waals surface area contributed by atoms with E-state index in [0.29, 0.717) is 19.0 Å². The number of carbonyl (C=O) groups is 1. The van der Waals surface area contributed by atoms with Gasteiger partial charge in [-0.1, -0.05) is 0 Å². The second-order valence-electron chi connectivity index (χ2n) is 4.42. The van der Waals surface area contributed by atoms with E-state index in [0.717, 1.165) is 13.1 Å². The maximum absolute atomic E-state index is 11.1. The Morgan fingerprint density at radius 3 is 2.76 bits per heavy atom. The molecule has 1 unspecified atom stereocenters. The standard InChI is InChI=1S/C12H17NO4/c1-12(9-11(14)15,10-3-2-6-17-10)13-4-7-16-8-5-13/h2-3,6H,4-5,7-9H2,1H3,(H,14,15). The molecule has 0 amide bonds. The van der Waals surface area contributed by atoms with Gasteiger partial charge in [-0.25, -0.2) is 0 Å². The van der Waals surface area contributed by atoms with Crippen molar-refractivity contribution in [1.29, 1.82) is 0 Å². The van der Waals surface area contributed by atoms with Gasteiger partial charge in [0.05, 0.1) is 31.4 Å². The molecule has 0 radical (unpaired) electrons. The maximum atomic E-state index is 11.1. The molecule has 0 spiro atoms. The second-order valence-corrected chi connectivity index (χ2v) is 4.42. The highest BCUT2D eigenvalue weighted by Crippen LogP contribution is 2.32. The Balaban J connectivity index is 2.25. The fourth-order valence-electron chi connectivity index (χ4n) is 2.29. The number of rotatable bonds is 4. The van der Waals surface area contributed by atoms with Crippen molar-refractivity contribution in [1.82, 2.24) is 4.90 Å². The number of ether oxygens (including phenoxy) is 1. The number of nitrogens with zero attached hydrogens (tertiary/aromatic N) is 1. The summed E-state index contributed by atoms with van der Waals surface area (Å²) in [6.45, 7) is 4.63. The SMILES string of the molecule is CC(CC(=O)O)(c1ccco1)N1CCOCC1. The summed E-state index contributed by atoms with van der Waals surface area (Å²) in [5.41, 5.74) is -0.598. The molecule has 1 aliphatic heterocycles. The van der Waals surface area contributed by atoms with Crippen LogP contribution in [0.3, 0.4) is 0 Å². The molecule has 1 atom stereocenters. The van der Waals surface area contributed by atoms with E-state index >= 15 is 0 Å². The molecule has 0 saturated carbocycles. The summed E-state index contributed by atoms with van der Waals surface area (Å²) >= 11 is 0. The highest BCUT2D eigenvalue weighted by Gasteiger charge is 2.39. The van der Waals surface area contributed by atoms with Crippen LogP contribution in [-0.4, -0.2) is 42.3 Å². The van der Waals surface area contributed by atoms with Crippen LogP contribution in [0.1, 0.15) is 19.1 Å². The number of carboxylic acid groups (broad SMARTS) is 1. The quantitative estimate of drug-likeness (QED) is 0.858. The van der Waals surface area contributed by atoms with Gasteiger partial charge in [-0.2, -0.15) is 0 Å². The molecule has 1 N–H and O–H groups in total. The van der Waals surface area contributed by atoms with E-state index in [-0.39, 0.29) is 6.42 Å². The number of hydrogen-bond acceptors (Lipinski definition) is 4. The van der Waals surface area contributed by atoms with Crippen LogP contribution >= 0.6 is 0 Å². The van der Waals surface area contributed by atoms with Crippen molar-refractivity contribution in [3.63, 3.8) is 0 Å². The number of aliphatic carboxylic acids is 1. The predicted molar refractivity (Wildman–Crippen MR) is 60.7 cm³/mol. The Hall–Kier alpha value is -1.33. The van der Waals surface area contributed by atoms with Crippen LogP contribution in [0.5, 0.6) is 0 Å². The van der Waals surface area contributed by atoms with E-state index in [1.807, 2.05) is 13.0 Å². The molecule has 0 aliphatic carbocycles. The average Bonchev–Trinajstić information content (AvgIpc) is 2.83. The third kappa shape index (κ3) is 2.50. The molecule has 0 aromatic carbocycles. The average molecular weight is 239 g/mol. The van der Waals surface area contributed by atoms with Crippen LogP contribution in [0.4, 0.5) is 0 Å². The molecule has 1 aliphatic rings. The van der Waals surface area contributed by atoms with Crippen molar-refractivity contribution in [2.45, 2.75) is 18.9 Å². The summed E-state index contributed by atoms with van der Waals surface area (Å²) in [6, 6.07) is 3.62. The monoisotopic (exact) mass is 239 g/mol. The summed E-state index contributed by atoms with van der Waals surface area (Å²) in [5.74, 6) is -0.128. The van der Waals surface area contributed by atoms with Crippen molar-refractivity contribution in [2.75, 3.05) is 26.3 Å². The van der Waals surface area contributed by atoms with Crippen LogP contribution in [0.15, 0.2) is 22.8 Å². The maximum Gasteiger partial charge on any atom is 0.305 e. The molecule has 1 aromatic rings. The fourth-order valence-corrected chi connectivity index (χ4v) is 2.29. The largest absolute Gasteiger partial charge is 0.481 e. The molecule has 5 nitrogen and oxygen atoms in total. The van der Waals surface area contributed by atoms with Crippen molar-refractivity contribution < 1.29 is 19.1 Å². The highest BCUT2D eigenvalue weighted by molar-refractivity contribution is 5.68. The minimum atomic E-state index is -0.824. The van der Waals surface area contributed by atoms with Crippen LogP contribution < -0.4 is 0 Å². The summed E-state index contributed by atoms with van der Waals surface area (Å²) in [6.07, 6.45) is 1.61. The van der Waals surface area contributed by atoms with Crippen molar-refractivity contribution in [3.8, 4) is 0 Å². The molecule has 1 fully saturated rings. The van der Waals surface area contributed by atoms with Crippen LogP contribution in [-0.2, 0) is 15.1 Å². The van der Waals surface area contributed by atoms with E-state index in [9.17, 15) is 4.79 Å². The molecule has 1 saturated heterocycles. The van der Waals surface area contributed by atoms with Gasteiger partial charge in [0.15, 0.2) is 0 Å². The second kappa shape index (κ2) is 4.89. The van der Waals surface area contributed by atoms with E-state index in [4.69, 9.17) is 14.3 Å². The van der Waals surface area contributed by atoms with Gasteiger partial charge in [-0.15, -0.1) is 0 Å². The molecule has 1 aromatic heterocycles.